The van der Waals surface area contributed by atoms with E-state index in [1.54, 1.807) is 24.3 Å². The Morgan fingerprint density at radius 2 is 1.58 bits per heavy atom. The van der Waals surface area contributed by atoms with E-state index in [4.69, 9.17) is 5.73 Å². The summed E-state index contributed by atoms with van der Waals surface area (Å²) in [5.74, 6) is -0.279. The molecule has 5 nitrogen and oxygen atoms in total. The van der Waals surface area contributed by atoms with Crippen molar-refractivity contribution in [2.24, 2.45) is 5.73 Å². The molecule has 126 valence electrons. The molecular weight excluding hydrogens is 302 g/mol. The number of nitrogens with two attached hydrogens (primary N) is 1. The second-order valence-electron chi connectivity index (χ2n) is 6.04. The zero-order valence-electron chi connectivity index (χ0n) is 14.2. The third kappa shape index (κ3) is 4.35. The topological polar surface area (TPSA) is 84.2 Å². The van der Waals surface area contributed by atoms with Crippen LogP contribution >= 0.6 is 0 Å². The molecule has 0 spiro atoms. The number of hydrogen-bond acceptors (Lipinski definition) is 3. The molecule has 0 fully saturated rings. The number of para-hydroxylation sites is 1. The van der Waals surface area contributed by atoms with Crippen molar-refractivity contribution in [3.05, 3.63) is 59.7 Å². The Bertz CT molecular complexity index is 724. The van der Waals surface area contributed by atoms with Crippen molar-refractivity contribution in [3.63, 3.8) is 0 Å². The van der Waals surface area contributed by atoms with E-state index in [9.17, 15) is 9.59 Å². The summed E-state index contributed by atoms with van der Waals surface area (Å²) in [5.41, 5.74) is 8.36. The number of nitrogens with one attached hydrogen (secondary N) is 2. The standard InChI is InChI=1S/C19H23N3O2/c1-12(2)16-6-4-5-7-17(16)21-13(3)19(24)22-15-10-8-14(9-11-15)18(20)23/h4-13,21H,1-3H3,(H2,20,23)(H,22,24)/t13-/m0/s1. The fourth-order valence-corrected chi connectivity index (χ4v) is 2.40. The zero-order valence-corrected chi connectivity index (χ0v) is 14.2. The summed E-state index contributed by atoms with van der Waals surface area (Å²) in [6, 6.07) is 14.1. The van der Waals surface area contributed by atoms with Crippen LogP contribution in [-0.4, -0.2) is 17.9 Å². The summed E-state index contributed by atoms with van der Waals surface area (Å²) in [5, 5.41) is 6.08. The third-order valence-electron chi connectivity index (χ3n) is 3.79. The van der Waals surface area contributed by atoms with Gasteiger partial charge in [0.25, 0.3) is 0 Å². The molecular formula is C19H23N3O2. The number of anilines is 2. The van der Waals surface area contributed by atoms with Gasteiger partial charge in [-0.15, -0.1) is 0 Å². The average Bonchev–Trinajstić information content (AvgIpc) is 2.55. The van der Waals surface area contributed by atoms with E-state index in [1.807, 2.05) is 25.1 Å². The molecule has 0 aliphatic rings. The molecule has 2 aromatic carbocycles. The van der Waals surface area contributed by atoms with Crippen LogP contribution in [0.4, 0.5) is 11.4 Å². The smallest absolute Gasteiger partial charge is 0.248 e. The molecule has 0 saturated heterocycles. The third-order valence-corrected chi connectivity index (χ3v) is 3.79. The number of amides is 2. The van der Waals surface area contributed by atoms with Crippen LogP contribution in [0.25, 0.3) is 0 Å². The average molecular weight is 325 g/mol. The van der Waals surface area contributed by atoms with Crippen molar-refractivity contribution in [2.75, 3.05) is 10.6 Å². The summed E-state index contributed by atoms with van der Waals surface area (Å²) in [6.45, 7) is 6.04. The molecule has 0 saturated carbocycles. The summed E-state index contributed by atoms with van der Waals surface area (Å²) in [7, 11) is 0. The van der Waals surface area contributed by atoms with E-state index in [0.29, 0.717) is 17.2 Å². The van der Waals surface area contributed by atoms with Gasteiger partial charge in [-0.2, -0.15) is 0 Å². The Kier molecular flexibility index (Phi) is 5.58. The monoisotopic (exact) mass is 325 g/mol. The maximum atomic E-state index is 12.4. The normalized spacial score (nSPS) is 11.8. The van der Waals surface area contributed by atoms with Crippen LogP contribution in [0, 0.1) is 0 Å². The Balaban J connectivity index is 2.03. The van der Waals surface area contributed by atoms with Crippen LogP contribution in [0.2, 0.25) is 0 Å². The maximum Gasteiger partial charge on any atom is 0.248 e. The van der Waals surface area contributed by atoms with Crippen molar-refractivity contribution in [1.29, 1.82) is 0 Å². The first-order valence-corrected chi connectivity index (χ1v) is 7.94. The van der Waals surface area contributed by atoms with E-state index in [2.05, 4.69) is 30.5 Å². The summed E-state index contributed by atoms with van der Waals surface area (Å²) >= 11 is 0. The zero-order chi connectivity index (χ0) is 17.7. The molecule has 0 unspecified atom stereocenters. The molecule has 0 aliphatic heterocycles. The SMILES string of the molecule is CC(C)c1ccccc1N[C@@H](C)C(=O)Nc1ccc(C(N)=O)cc1. The molecule has 1 atom stereocenters. The molecule has 0 aliphatic carbocycles. The number of hydrogen-bond donors (Lipinski definition) is 3. The van der Waals surface area contributed by atoms with Gasteiger partial charge in [-0.3, -0.25) is 9.59 Å². The molecule has 0 radical (unpaired) electrons. The van der Waals surface area contributed by atoms with Crippen molar-refractivity contribution in [1.82, 2.24) is 0 Å². The van der Waals surface area contributed by atoms with Crippen molar-refractivity contribution in [3.8, 4) is 0 Å². The van der Waals surface area contributed by atoms with Crippen LogP contribution < -0.4 is 16.4 Å². The first-order valence-electron chi connectivity index (χ1n) is 7.94. The number of primary amides is 1. The largest absolute Gasteiger partial charge is 0.374 e. The van der Waals surface area contributed by atoms with Gasteiger partial charge >= 0.3 is 0 Å². The quantitative estimate of drug-likeness (QED) is 0.761. The summed E-state index contributed by atoms with van der Waals surface area (Å²) in [6.07, 6.45) is 0. The highest BCUT2D eigenvalue weighted by Gasteiger charge is 2.15. The van der Waals surface area contributed by atoms with E-state index in [1.165, 1.54) is 5.56 Å². The van der Waals surface area contributed by atoms with E-state index in [-0.39, 0.29) is 5.91 Å². The first-order chi connectivity index (χ1) is 11.4. The second-order valence-corrected chi connectivity index (χ2v) is 6.04. The van der Waals surface area contributed by atoms with Crippen LogP contribution in [-0.2, 0) is 4.79 Å². The highest BCUT2D eigenvalue weighted by Crippen LogP contribution is 2.24. The van der Waals surface area contributed by atoms with Crippen molar-refractivity contribution < 1.29 is 9.59 Å². The Hall–Kier alpha value is -2.82. The van der Waals surface area contributed by atoms with Gasteiger partial charge in [0.1, 0.15) is 6.04 Å². The predicted molar refractivity (Wildman–Crippen MR) is 97.2 cm³/mol. The van der Waals surface area contributed by atoms with Gasteiger partial charge in [0, 0.05) is 16.9 Å². The Morgan fingerprint density at radius 3 is 2.17 bits per heavy atom. The molecule has 2 rings (SSSR count). The lowest BCUT2D eigenvalue weighted by atomic mass is 10.0. The van der Waals surface area contributed by atoms with Gasteiger partial charge in [0.15, 0.2) is 0 Å². The maximum absolute atomic E-state index is 12.4. The molecule has 0 bridgehead atoms. The van der Waals surface area contributed by atoms with Crippen LogP contribution in [0.3, 0.4) is 0 Å². The molecule has 4 N–H and O–H groups in total. The van der Waals surface area contributed by atoms with Crippen LogP contribution in [0.5, 0.6) is 0 Å². The van der Waals surface area contributed by atoms with Crippen LogP contribution in [0.1, 0.15) is 42.6 Å². The number of benzene rings is 2. The van der Waals surface area contributed by atoms with Gasteiger partial charge in [-0.05, 0) is 48.7 Å². The molecule has 0 heterocycles. The second kappa shape index (κ2) is 7.64. The minimum absolute atomic E-state index is 0.152. The van der Waals surface area contributed by atoms with Gasteiger partial charge in [0.2, 0.25) is 11.8 Å². The number of rotatable bonds is 6. The molecule has 0 aromatic heterocycles. The predicted octanol–water partition coefficient (Wildman–Crippen LogP) is 3.35. The van der Waals surface area contributed by atoms with Gasteiger partial charge in [-0.25, -0.2) is 0 Å². The van der Waals surface area contributed by atoms with Crippen molar-refractivity contribution in [2.45, 2.75) is 32.7 Å². The number of carbonyl (C=O) groups excluding carboxylic acids is 2. The van der Waals surface area contributed by atoms with Gasteiger partial charge in [-0.1, -0.05) is 32.0 Å². The first kappa shape index (κ1) is 17.5. The minimum Gasteiger partial charge on any atom is -0.374 e. The minimum atomic E-state index is -0.492. The summed E-state index contributed by atoms with van der Waals surface area (Å²) in [4.78, 5) is 23.4. The lowest BCUT2D eigenvalue weighted by Crippen LogP contribution is -2.32. The Labute approximate surface area is 142 Å². The van der Waals surface area contributed by atoms with E-state index in [0.717, 1.165) is 5.69 Å². The fourth-order valence-electron chi connectivity index (χ4n) is 2.40. The lowest BCUT2D eigenvalue weighted by molar-refractivity contribution is -0.116. The summed E-state index contributed by atoms with van der Waals surface area (Å²) < 4.78 is 0. The molecule has 2 amide bonds. The highest BCUT2D eigenvalue weighted by atomic mass is 16.2. The van der Waals surface area contributed by atoms with Crippen LogP contribution in [0.15, 0.2) is 48.5 Å². The fraction of sp³-hybridized carbons (Fsp3) is 0.263. The number of carbonyl (C=O) groups is 2. The van der Waals surface area contributed by atoms with Gasteiger partial charge < -0.3 is 16.4 Å². The highest BCUT2D eigenvalue weighted by molar-refractivity contribution is 5.97. The van der Waals surface area contributed by atoms with Gasteiger partial charge in [0.05, 0.1) is 0 Å². The van der Waals surface area contributed by atoms with Crippen molar-refractivity contribution >= 4 is 23.2 Å². The molecule has 2 aromatic rings. The molecule has 5 heteroatoms. The molecule has 24 heavy (non-hydrogen) atoms. The lowest BCUT2D eigenvalue weighted by Gasteiger charge is -2.19. The van der Waals surface area contributed by atoms with E-state index >= 15 is 0 Å². The Morgan fingerprint density at radius 1 is 0.958 bits per heavy atom. The van der Waals surface area contributed by atoms with E-state index < -0.39 is 11.9 Å².